The van der Waals surface area contributed by atoms with Gasteiger partial charge < -0.3 is 25.4 Å². The summed E-state index contributed by atoms with van der Waals surface area (Å²) in [5, 5.41) is 25.4. The van der Waals surface area contributed by atoms with Crippen molar-refractivity contribution >= 4 is 23.1 Å². The Morgan fingerprint density at radius 2 is 2.13 bits per heavy atom. The highest BCUT2D eigenvalue weighted by atomic mass is 16.5. The minimum Gasteiger partial charge on any atom is -0.437 e. The molecule has 9 heteroatoms. The Bertz CT molecular complexity index is 997. The van der Waals surface area contributed by atoms with E-state index in [1.54, 1.807) is 12.3 Å². The number of benzene rings is 1. The van der Waals surface area contributed by atoms with Crippen molar-refractivity contribution in [1.29, 1.82) is 5.26 Å². The Hall–Kier alpha value is -3.64. The number of hydrogen-bond donors (Lipinski definition) is 3. The van der Waals surface area contributed by atoms with Crippen LogP contribution in [0.2, 0.25) is 0 Å². The molecule has 0 unspecified atom stereocenters. The fourth-order valence-electron chi connectivity index (χ4n) is 3.55. The van der Waals surface area contributed by atoms with Crippen molar-refractivity contribution in [3.05, 3.63) is 48.1 Å². The number of aliphatic hydroxyl groups is 1. The van der Waals surface area contributed by atoms with E-state index in [-0.39, 0.29) is 17.6 Å². The number of nitrogens with zero attached hydrogens (tertiary/aromatic N) is 4. The van der Waals surface area contributed by atoms with Crippen LogP contribution < -0.4 is 15.4 Å². The molecule has 0 bridgehead atoms. The molecule has 0 radical (unpaired) electrons. The largest absolute Gasteiger partial charge is 0.437 e. The van der Waals surface area contributed by atoms with Gasteiger partial charge in [-0.3, -0.25) is 4.79 Å². The molecule has 0 spiro atoms. The number of fused-ring (bicyclic) bond motifs is 1. The number of allylic oxidation sites excluding steroid dienone is 1. The number of piperidine rings is 1. The molecule has 1 aromatic carbocycles. The average Bonchev–Trinajstić information content (AvgIpc) is 3.21. The Morgan fingerprint density at radius 3 is 2.90 bits per heavy atom. The Kier molecular flexibility index (Phi) is 6.29. The van der Waals surface area contributed by atoms with Gasteiger partial charge in [-0.25, -0.2) is 9.97 Å². The first kappa shape index (κ1) is 20.6. The molecule has 1 fully saturated rings. The topological polar surface area (TPSA) is 123 Å². The van der Waals surface area contributed by atoms with Crippen LogP contribution in [-0.2, 0) is 4.79 Å². The van der Waals surface area contributed by atoms with Gasteiger partial charge in [0, 0.05) is 32.3 Å². The molecule has 31 heavy (non-hydrogen) atoms. The Morgan fingerprint density at radius 1 is 1.32 bits per heavy atom. The quantitative estimate of drug-likeness (QED) is 0.481. The van der Waals surface area contributed by atoms with E-state index in [2.05, 4.69) is 26.7 Å². The van der Waals surface area contributed by atoms with Gasteiger partial charge in [0.25, 0.3) is 0 Å². The van der Waals surface area contributed by atoms with Crippen LogP contribution in [0, 0.1) is 11.3 Å². The van der Waals surface area contributed by atoms with Crippen molar-refractivity contribution in [2.24, 2.45) is 0 Å². The predicted molar refractivity (Wildman–Crippen MR) is 115 cm³/mol. The van der Waals surface area contributed by atoms with E-state index in [9.17, 15) is 15.2 Å². The maximum Gasteiger partial charge on any atom is 0.223 e. The number of anilines is 2. The number of aromatic nitrogens is 2. The third-order valence-electron chi connectivity index (χ3n) is 5.27. The first-order valence-electron chi connectivity index (χ1n) is 10.4. The molecule has 1 saturated heterocycles. The number of nitrogens with one attached hydrogen (secondary N) is 2. The van der Waals surface area contributed by atoms with Gasteiger partial charge in [-0.1, -0.05) is 12.1 Å². The maximum absolute atomic E-state index is 12.3. The number of rotatable bonds is 6. The molecular formula is C22H24N6O3. The summed E-state index contributed by atoms with van der Waals surface area (Å²) in [4.78, 5) is 22.7. The number of aliphatic hydroxyl groups excluding tert-OH is 1. The molecule has 2 aliphatic rings. The van der Waals surface area contributed by atoms with Crippen LogP contribution in [0.1, 0.15) is 31.4 Å². The second-order valence-corrected chi connectivity index (χ2v) is 7.45. The van der Waals surface area contributed by atoms with E-state index in [0.29, 0.717) is 68.6 Å². The zero-order valence-electron chi connectivity index (χ0n) is 17.0. The highest BCUT2D eigenvalue weighted by Crippen LogP contribution is 2.35. The third kappa shape index (κ3) is 4.92. The van der Waals surface area contributed by atoms with Crippen LogP contribution in [0.25, 0.3) is 5.57 Å². The summed E-state index contributed by atoms with van der Waals surface area (Å²) in [5.41, 5.74) is 1.52. The van der Waals surface area contributed by atoms with Crippen LogP contribution in [0.4, 0.5) is 11.6 Å². The second-order valence-electron chi connectivity index (χ2n) is 7.45. The first-order chi connectivity index (χ1) is 15.1. The molecule has 2 aromatic rings. The monoisotopic (exact) mass is 420 g/mol. The van der Waals surface area contributed by atoms with Crippen LogP contribution in [0.5, 0.6) is 5.75 Å². The van der Waals surface area contributed by atoms with E-state index in [0.717, 1.165) is 5.69 Å². The van der Waals surface area contributed by atoms with Crippen LogP contribution >= 0.6 is 0 Å². The number of ether oxygens (including phenoxy) is 1. The third-order valence-corrected chi connectivity index (χ3v) is 5.27. The molecule has 4 rings (SSSR count). The molecule has 0 saturated carbocycles. The van der Waals surface area contributed by atoms with Crippen molar-refractivity contribution in [2.75, 3.05) is 30.3 Å². The van der Waals surface area contributed by atoms with Gasteiger partial charge in [-0.2, -0.15) is 5.26 Å². The molecule has 1 amide bonds. The van der Waals surface area contributed by atoms with E-state index < -0.39 is 0 Å². The van der Waals surface area contributed by atoms with Gasteiger partial charge in [0.15, 0.2) is 5.75 Å². The van der Waals surface area contributed by atoms with Crippen LogP contribution in [0.15, 0.2) is 42.4 Å². The van der Waals surface area contributed by atoms with E-state index >= 15 is 0 Å². The maximum atomic E-state index is 12.3. The van der Waals surface area contributed by atoms with Gasteiger partial charge in [0.2, 0.25) is 17.7 Å². The molecule has 3 N–H and O–H groups in total. The second kappa shape index (κ2) is 9.45. The summed E-state index contributed by atoms with van der Waals surface area (Å²) >= 11 is 0. The van der Waals surface area contributed by atoms with Gasteiger partial charge in [0.1, 0.15) is 11.6 Å². The minimum absolute atomic E-state index is 0.101. The summed E-state index contributed by atoms with van der Waals surface area (Å²) < 4.78 is 5.75. The smallest absolute Gasteiger partial charge is 0.223 e. The lowest BCUT2D eigenvalue weighted by molar-refractivity contribution is -0.133. The molecule has 3 heterocycles. The number of para-hydroxylation sites is 2. The zero-order valence-corrected chi connectivity index (χ0v) is 17.0. The normalized spacial score (nSPS) is 17.2. The van der Waals surface area contributed by atoms with Gasteiger partial charge in [-0.05, 0) is 37.5 Å². The molecule has 1 aromatic heterocycles. The number of amides is 1. The highest BCUT2D eigenvalue weighted by molar-refractivity contribution is 5.81. The van der Waals surface area contributed by atoms with Crippen molar-refractivity contribution in [1.82, 2.24) is 14.9 Å². The number of likely N-dealkylation sites (tertiary alicyclic amines) is 1. The Balaban J connectivity index is 1.33. The Labute approximate surface area is 180 Å². The van der Waals surface area contributed by atoms with Gasteiger partial charge in [0.05, 0.1) is 17.5 Å². The van der Waals surface area contributed by atoms with E-state index in [1.165, 1.54) is 0 Å². The molecule has 2 aliphatic heterocycles. The van der Waals surface area contributed by atoms with E-state index in [4.69, 9.17) is 4.74 Å². The summed E-state index contributed by atoms with van der Waals surface area (Å²) in [6.45, 7) is 1.76. The number of nitriles is 1. The van der Waals surface area contributed by atoms with Crippen molar-refractivity contribution < 1.29 is 14.6 Å². The number of hydrogen-bond acceptors (Lipinski definition) is 8. The number of carbonyl (C=O) groups excluding carboxylic acids is 1. The predicted octanol–water partition coefficient (Wildman–Crippen LogP) is 2.35. The van der Waals surface area contributed by atoms with E-state index in [1.807, 2.05) is 29.2 Å². The van der Waals surface area contributed by atoms with Crippen LogP contribution in [-0.4, -0.2) is 51.6 Å². The average molecular weight is 420 g/mol. The lowest BCUT2D eigenvalue weighted by Crippen LogP contribution is -2.40. The number of carbonyl (C=O) groups is 1. The lowest BCUT2D eigenvalue weighted by atomic mass is 10.1. The molecule has 0 aliphatic carbocycles. The summed E-state index contributed by atoms with van der Waals surface area (Å²) in [6, 6.07) is 11.2. The molecule has 160 valence electrons. The first-order valence-corrected chi connectivity index (χ1v) is 10.4. The van der Waals surface area contributed by atoms with Crippen molar-refractivity contribution in [2.45, 2.75) is 31.8 Å². The summed E-state index contributed by atoms with van der Waals surface area (Å²) in [5.74, 6) is 1.48. The molecular weight excluding hydrogens is 396 g/mol. The standard InChI is InChI=1S/C22H24N6O3/c23-14-16(21-26-18-4-1-2-5-19(18)31-21)17-7-11-25-22(27-17)24-10-3-6-20(30)28-12-8-15(29)9-13-28/h1-2,4-5,7,11,15,26,29H,3,6,8-10,12-13H2,(H,24,25,27). The van der Waals surface area contributed by atoms with Crippen molar-refractivity contribution in [3.63, 3.8) is 0 Å². The molecule has 9 nitrogen and oxygen atoms in total. The van der Waals surface area contributed by atoms with Crippen LogP contribution in [0.3, 0.4) is 0 Å². The lowest BCUT2D eigenvalue weighted by Gasteiger charge is -2.29. The highest BCUT2D eigenvalue weighted by Gasteiger charge is 2.22. The van der Waals surface area contributed by atoms with Gasteiger partial charge in [-0.15, -0.1) is 0 Å². The van der Waals surface area contributed by atoms with Gasteiger partial charge >= 0.3 is 0 Å². The molecule has 0 atom stereocenters. The van der Waals surface area contributed by atoms with Crippen molar-refractivity contribution in [3.8, 4) is 11.8 Å². The fourth-order valence-corrected chi connectivity index (χ4v) is 3.55. The minimum atomic E-state index is -0.289. The summed E-state index contributed by atoms with van der Waals surface area (Å²) in [6.07, 6.45) is 3.64. The zero-order chi connectivity index (χ0) is 21.6. The fraction of sp³-hybridized carbons (Fsp3) is 0.364. The summed E-state index contributed by atoms with van der Waals surface area (Å²) in [7, 11) is 0. The SMILES string of the molecule is N#CC(=C1Nc2ccccc2O1)c1ccnc(NCCCC(=O)N2CCC(O)CC2)n1.